The Morgan fingerprint density at radius 1 is 1.27 bits per heavy atom. The maximum atomic E-state index is 12.9. The topological polar surface area (TPSA) is 68.5 Å². The first kappa shape index (κ1) is 17.0. The van der Waals surface area contributed by atoms with Gasteiger partial charge in [0.1, 0.15) is 11.6 Å². The van der Waals surface area contributed by atoms with Crippen molar-refractivity contribution in [3.63, 3.8) is 0 Å². The number of carbonyl (C=O) groups is 1. The largest absolute Gasteiger partial charge is 0.493 e. The lowest BCUT2D eigenvalue weighted by atomic mass is 9.84. The lowest BCUT2D eigenvalue weighted by Gasteiger charge is -2.28. The fraction of sp³-hybridized carbons (Fsp3) is 0.526. The monoisotopic (exact) mass is 359 g/mol. The lowest BCUT2D eigenvalue weighted by Crippen LogP contribution is -2.37. The Balaban J connectivity index is 1.26. The Morgan fingerprint density at radius 3 is 2.81 bits per heavy atom. The molecule has 1 aromatic heterocycles. The third-order valence-corrected chi connectivity index (χ3v) is 5.20. The van der Waals surface area contributed by atoms with Crippen LogP contribution in [-0.2, 0) is 11.2 Å². The predicted octanol–water partition coefficient (Wildman–Crippen LogP) is 2.95. The second-order valence-corrected chi connectivity index (χ2v) is 7.00. The zero-order valence-corrected chi connectivity index (χ0v) is 14.6. The SMILES string of the molecule is O=C(C1CCC1)N1CCC(c2nc(CCOc3ccc(F)cc3)no2)C1. The van der Waals surface area contributed by atoms with Crippen LogP contribution in [0.1, 0.15) is 43.3 Å². The Hall–Kier alpha value is -2.44. The number of aromatic nitrogens is 2. The van der Waals surface area contributed by atoms with E-state index in [4.69, 9.17) is 9.26 Å². The first-order valence-corrected chi connectivity index (χ1v) is 9.18. The number of rotatable bonds is 6. The van der Waals surface area contributed by atoms with E-state index in [1.165, 1.54) is 18.6 Å². The minimum Gasteiger partial charge on any atom is -0.493 e. The van der Waals surface area contributed by atoms with Crippen molar-refractivity contribution >= 4 is 5.91 Å². The van der Waals surface area contributed by atoms with Gasteiger partial charge in [-0.2, -0.15) is 4.98 Å². The van der Waals surface area contributed by atoms with E-state index >= 15 is 0 Å². The molecule has 6 nitrogen and oxygen atoms in total. The van der Waals surface area contributed by atoms with Crippen molar-refractivity contribution in [1.82, 2.24) is 15.0 Å². The van der Waals surface area contributed by atoms with Crippen molar-refractivity contribution in [3.05, 3.63) is 41.8 Å². The third kappa shape index (κ3) is 3.71. The zero-order valence-electron chi connectivity index (χ0n) is 14.6. The molecule has 1 aromatic carbocycles. The van der Waals surface area contributed by atoms with E-state index in [0.29, 0.717) is 37.0 Å². The first-order valence-electron chi connectivity index (χ1n) is 9.18. The molecule has 1 saturated heterocycles. The molecule has 138 valence electrons. The Kier molecular flexibility index (Phi) is 4.86. The number of amides is 1. The molecule has 2 heterocycles. The second-order valence-electron chi connectivity index (χ2n) is 7.00. The van der Waals surface area contributed by atoms with Crippen LogP contribution in [0.4, 0.5) is 4.39 Å². The number of nitrogens with zero attached hydrogens (tertiary/aromatic N) is 3. The highest BCUT2D eigenvalue weighted by molar-refractivity contribution is 5.79. The van der Waals surface area contributed by atoms with Gasteiger partial charge in [0.15, 0.2) is 5.82 Å². The molecule has 1 aliphatic carbocycles. The average Bonchev–Trinajstić information content (AvgIpc) is 3.24. The van der Waals surface area contributed by atoms with Gasteiger partial charge < -0.3 is 14.2 Å². The van der Waals surface area contributed by atoms with Crippen LogP contribution in [0.25, 0.3) is 0 Å². The number of hydrogen-bond acceptors (Lipinski definition) is 5. The first-order chi connectivity index (χ1) is 12.7. The summed E-state index contributed by atoms with van der Waals surface area (Å²) < 4.78 is 23.8. The highest BCUT2D eigenvalue weighted by Crippen LogP contribution is 2.32. The molecular weight excluding hydrogens is 337 g/mol. The maximum Gasteiger partial charge on any atom is 0.231 e. The van der Waals surface area contributed by atoms with Gasteiger partial charge in [0.25, 0.3) is 0 Å². The van der Waals surface area contributed by atoms with Crippen molar-refractivity contribution in [3.8, 4) is 5.75 Å². The molecule has 1 aliphatic heterocycles. The third-order valence-electron chi connectivity index (χ3n) is 5.20. The van der Waals surface area contributed by atoms with Crippen molar-refractivity contribution in [2.75, 3.05) is 19.7 Å². The van der Waals surface area contributed by atoms with Crippen LogP contribution < -0.4 is 4.74 Å². The smallest absolute Gasteiger partial charge is 0.231 e. The minimum atomic E-state index is -0.290. The Bertz CT molecular complexity index is 758. The van der Waals surface area contributed by atoms with Gasteiger partial charge in [0.2, 0.25) is 11.8 Å². The number of benzene rings is 1. The number of likely N-dealkylation sites (tertiary alicyclic amines) is 1. The molecule has 1 atom stereocenters. The van der Waals surface area contributed by atoms with Crippen molar-refractivity contribution in [2.45, 2.75) is 38.0 Å². The second kappa shape index (κ2) is 7.43. The van der Waals surface area contributed by atoms with E-state index in [0.717, 1.165) is 25.8 Å². The summed E-state index contributed by atoms with van der Waals surface area (Å²) in [4.78, 5) is 18.7. The normalized spacial score (nSPS) is 20.2. The molecule has 2 fully saturated rings. The number of carbonyl (C=O) groups excluding carboxylic acids is 1. The highest BCUT2D eigenvalue weighted by atomic mass is 19.1. The maximum absolute atomic E-state index is 12.9. The summed E-state index contributed by atoms with van der Waals surface area (Å²) in [7, 11) is 0. The summed E-state index contributed by atoms with van der Waals surface area (Å²) in [6, 6.07) is 5.89. The van der Waals surface area contributed by atoms with E-state index in [9.17, 15) is 9.18 Å². The fourth-order valence-electron chi connectivity index (χ4n) is 3.40. The van der Waals surface area contributed by atoms with Crippen molar-refractivity contribution in [1.29, 1.82) is 0 Å². The van der Waals surface area contributed by atoms with Crippen LogP contribution in [0, 0.1) is 11.7 Å². The molecule has 1 unspecified atom stereocenters. The molecule has 7 heteroatoms. The molecule has 0 spiro atoms. The van der Waals surface area contributed by atoms with Gasteiger partial charge in [0.05, 0.1) is 12.5 Å². The van der Waals surface area contributed by atoms with Crippen molar-refractivity contribution in [2.24, 2.45) is 5.92 Å². The Morgan fingerprint density at radius 2 is 2.08 bits per heavy atom. The molecule has 0 radical (unpaired) electrons. The molecule has 26 heavy (non-hydrogen) atoms. The number of hydrogen-bond donors (Lipinski definition) is 0. The van der Waals surface area contributed by atoms with E-state index in [1.54, 1.807) is 12.1 Å². The van der Waals surface area contributed by atoms with Gasteiger partial charge >= 0.3 is 0 Å². The van der Waals surface area contributed by atoms with Crippen LogP contribution in [0.15, 0.2) is 28.8 Å². The zero-order chi connectivity index (χ0) is 17.9. The lowest BCUT2D eigenvalue weighted by molar-refractivity contribution is -0.137. The van der Waals surface area contributed by atoms with Gasteiger partial charge in [-0.3, -0.25) is 4.79 Å². The summed E-state index contributed by atoms with van der Waals surface area (Å²) in [5.74, 6) is 2.15. The summed E-state index contributed by atoms with van der Waals surface area (Å²) in [6.45, 7) is 1.83. The van der Waals surface area contributed by atoms with E-state index < -0.39 is 0 Å². The molecular formula is C19H22FN3O3. The minimum absolute atomic E-state index is 0.123. The summed E-state index contributed by atoms with van der Waals surface area (Å²) in [6.07, 6.45) is 4.60. The number of halogens is 1. The van der Waals surface area contributed by atoms with Gasteiger partial charge in [-0.1, -0.05) is 11.6 Å². The molecule has 4 rings (SSSR count). The predicted molar refractivity (Wildman–Crippen MR) is 91.2 cm³/mol. The van der Waals surface area contributed by atoms with Gasteiger partial charge in [0, 0.05) is 25.4 Å². The van der Waals surface area contributed by atoms with Crippen LogP contribution in [0.5, 0.6) is 5.75 Å². The van der Waals surface area contributed by atoms with Gasteiger partial charge in [-0.25, -0.2) is 4.39 Å². The molecule has 2 aliphatic rings. The molecule has 0 bridgehead atoms. The van der Waals surface area contributed by atoms with Gasteiger partial charge in [-0.15, -0.1) is 0 Å². The van der Waals surface area contributed by atoms with E-state index in [2.05, 4.69) is 10.1 Å². The van der Waals surface area contributed by atoms with Crippen molar-refractivity contribution < 1.29 is 18.4 Å². The molecule has 1 saturated carbocycles. The van der Waals surface area contributed by atoms with Gasteiger partial charge in [-0.05, 0) is 43.5 Å². The van der Waals surface area contributed by atoms with E-state index in [1.807, 2.05) is 4.90 Å². The standard InChI is InChI=1S/C19H22FN3O3/c20-15-4-6-16(7-5-15)25-11-9-17-21-18(26-22-17)14-8-10-23(12-14)19(24)13-2-1-3-13/h4-7,13-14H,1-3,8-12H2. The summed E-state index contributed by atoms with van der Waals surface area (Å²) in [5.41, 5.74) is 0. The molecule has 2 aromatic rings. The number of ether oxygens (including phenoxy) is 1. The Labute approximate surface area is 151 Å². The van der Waals surface area contributed by atoms with Crippen LogP contribution in [0.2, 0.25) is 0 Å². The van der Waals surface area contributed by atoms with Crippen LogP contribution in [0.3, 0.4) is 0 Å². The highest BCUT2D eigenvalue weighted by Gasteiger charge is 2.35. The molecule has 1 amide bonds. The molecule has 0 N–H and O–H groups in total. The quantitative estimate of drug-likeness (QED) is 0.793. The fourth-order valence-corrected chi connectivity index (χ4v) is 3.40. The summed E-state index contributed by atoms with van der Waals surface area (Å²) >= 11 is 0. The average molecular weight is 359 g/mol. The summed E-state index contributed by atoms with van der Waals surface area (Å²) in [5, 5.41) is 4.01. The van der Waals surface area contributed by atoms with E-state index in [-0.39, 0.29) is 23.6 Å². The van der Waals surface area contributed by atoms with Crippen LogP contribution >= 0.6 is 0 Å². The van der Waals surface area contributed by atoms with Crippen LogP contribution in [-0.4, -0.2) is 40.6 Å².